The molecular weight excluding hydrogens is 178 g/mol. The molecule has 0 radical (unpaired) electrons. The summed E-state index contributed by atoms with van der Waals surface area (Å²) in [5.41, 5.74) is 7.85. The molecule has 3 nitrogen and oxygen atoms in total. The monoisotopic (exact) mass is 191 g/mol. The predicted octanol–water partition coefficient (Wildman–Crippen LogP) is 1.63. The van der Waals surface area contributed by atoms with Crippen molar-refractivity contribution in [3.8, 4) is 0 Å². The summed E-state index contributed by atoms with van der Waals surface area (Å²) in [5, 5.41) is 8.51. The van der Waals surface area contributed by atoms with Gasteiger partial charge in [0, 0.05) is 12.1 Å². The van der Waals surface area contributed by atoms with E-state index in [1.165, 1.54) is 0 Å². The molecule has 1 aromatic carbocycles. The summed E-state index contributed by atoms with van der Waals surface area (Å²) in [5.74, 6) is -0.790. The van der Waals surface area contributed by atoms with Crippen LogP contribution in [0.5, 0.6) is 0 Å². The highest BCUT2D eigenvalue weighted by Gasteiger charge is 2.00. The van der Waals surface area contributed by atoms with Crippen molar-refractivity contribution in [3.63, 3.8) is 0 Å². The van der Waals surface area contributed by atoms with E-state index >= 15 is 0 Å². The molecule has 0 aliphatic heterocycles. The van der Waals surface area contributed by atoms with E-state index in [4.69, 9.17) is 10.8 Å². The van der Waals surface area contributed by atoms with Gasteiger partial charge in [0.2, 0.25) is 0 Å². The second-order valence-corrected chi connectivity index (χ2v) is 3.12. The van der Waals surface area contributed by atoms with Gasteiger partial charge in [-0.2, -0.15) is 0 Å². The van der Waals surface area contributed by atoms with Crippen molar-refractivity contribution in [3.05, 3.63) is 42.0 Å². The molecule has 1 rings (SSSR count). The topological polar surface area (TPSA) is 63.3 Å². The van der Waals surface area contributed by atoms with Gasteiger partial charge in [0.25, 0.3) is 0 Å². The van der Waals surface area contributed by atoms with Gasteiger partial charge in [0.1, 0.15) is 0 Å². The molecule has 3 N–H and O–H groups in total. The number of hydrogen-bond donors (Lipinski definition) is 2. The first-order chi connectivity index (χ1) is 6.59. The fraction of sp³-hybridized carbons (Fsp3) is 0.182. The van der Waals surface area contributed by atoms with Crippen molar-refractivity contribution in [2.45, 2.75) is 12.8 Å². The van der Waals surface area contributed by atoms with Gasteiger partial charge >= 0.3 is 5.97 Å². The lowest BCUT2D eigenvalue weighted by Gasteiger charge is -2.03. The molecule has 0 saturated carbocycles. The molecule has 0 aliphatic carbocycles. The highest BCUT2D eigenvalue weighted by molar-refractivity contribution is 5.67. The summed E-state index contributed by atoms with van der Waals surface area (Å²) in [6.45, 7) is 3.62. The van der Waals surface area contributed by atoms with Crippen LogP contribution in [0.4, 0.5) is 0 Å². The van der Waals surface area contributed by atoms with Crippen LogP contribution in [0.2, 0.25) is 0 Å². The Morgan fingerprint density at radius 2 is 2.21 bits per heavy atom. The van der Waals surface area contributed by atoms with E-state index in [0.29, 0.717) is 12.1 Å². The number of carbonyl (C=O) groups is 1. The van der Waals surface area contributed by atoms with E-state index in [1.54, 1.807) is 0 Å². The molecule has 0 bridgehead atoms. The first-order valence-corrected chi connectivity index (χ1v) is 4.35. The van der Waals surface area contributed by atoms with Crippen LogP contribution in [0.3, 0.4) is 0 Å². The molecule has 0 atom stereocenters. The molecule has 0 fully saturated rings. The van der Waals surface area contributed by atoms with E-state index in [1.807, 2.05) is 24.3 Å². The average molecular weight is 191 g/mol. The minimum Gasteiger partial charge on any atom is -0.481 e. The van der Waals surface area contributed by atoms with Crippen molar-refractivity contribution >= 4 is 11.7 Å². The molecule has 74 valence electrons. The normalized spacial score (nSPS) is 9.71. The SMILES string of the molecule is C=C(N)c1cccc(CCC(=O)O)c1. The van der Waals surface area contributed by atoms with E-state index in [9.17, 15) is 4.79 Å². The number of aliphatic carboxylic acids is 1. The zero-order chi connectivity index (χ0) is 10.6. The van der Waals surface area contributed by atoms with Gasteiger partial charge in [0.15, 0.2) is 0 Å². The summed E-state index contributed by atoms with van der Waals surface area (Å²) in [6.07, 6.45) is 0.664. The molecule has 0 saturated heterocycles. The summed E-state index contributed by atoms with van der Waals surface area (Å²) in [4.78, 5) is 10.3. The molecule has 0 unspecified atom stereocenters. The molecule has 1 aromatic rings. The Morgan fingerprint density at radius 3 is 2.79 bits per heavy atom. The summed E-state index contributed by atoms with van der Waals surface area (Å²) >= 11 is 0. The first-order valence-electron chi connectivity index (χ1n) is 4.35. The second-order valence-electron chi connectivity index (χ2n) is 3.12. The Kier molecular flexibility index (Phi) is 3.29. The Bertz CT molecular complexity index is 358. The van der Waals surface area contributed by atoms with Gasteiger partial charge < -0.3 is 10.8 Å². The molecule has 0 heterocycles. The predicted molar refractivity (Wildman–Crippen MR) is 55.6 cm³/mol. The highest BCUT2D eigenvalue weighted by atomic mass is 16.4. The number of carboxylic acid groups (broad SMARTS) is 1. The Labute approximate surface area is 82.9 Å². The summed E-state index contributed by atoms with van der Waals surface area (Å²) in [6, 6.07) is 7.46. The van der Waals surface area contributed by atoms with Crippen molar-refractivity contribution in [1.82, 2.24) is 0 Å². The van der Waals surface area contributed by atoms with Crippen molar-refractivity contribution in [2.24, 2.45) is 5.73 Å². The van der Waals surface area contributed by atoms with E-state index < -0.39 is 5.97 Å². The lowest BCUT2D eigenvalue weighted by molar-refractivity contribution is -0.136. The fourth-order valence-corrected chi connectivity index (χ4v) is 1.18. The molecule has 0 spiro atoms. The minimum atomic E-state index is -0.790. The molecule has 14 heavy (non-hydrogen) atoms. The third kappa shape index (κ3) is 2.94. The molecule has 0 aliphatic rings. The second kappa shape index (κ2) is 4.46. The van der Waals surface area contributed by atoms with Gasteiger partial charge in [-0.05, 0) is 23.6 Å². The van der Waals surface area contributed by atoms with Crippen LogP contribution in [0.25, 0.3) is 5.70 Å². The van der Waals surface area contributed by atoms with E-state index in [-0.39, 0.29) is 6.42 Å². The zero-order valence-corrected chi connectivity index (χ0v) is 7.86. The van der Waals surface area contributed by atoms with Crippen LogP contribution in [-0.4, -0.2) is 11.1 Å². The zero-order valence-electron chi connectivity index (χ0n) is 7.86. The molecular formula is C11H13NO2. The van der Waals surface area contributed by atoms with E-state index in [0.717, 1.165) is 11.1 Å². The minimum absolute atomic E-state index is 0.139. The highest BCUT2D eigenvalue weighted by Crippen LogP contribution is 2.11. The number of nitrogens with two attached hydrogens (primary N) is 1. The quantitative estimate of drug-likeness (QED) is 0.760. The lowest BCUT2D eigenvalue weighted by atomic mass is 10.1. The van der Waals surface area contributed by atoms with Gasteiger partial charge in [-0.25, -0.2) is 0 Å². The maximum absolute atomic E-state index is 10.3. The Morgan fingerprint density at radius 1 is 1.50 bits per heavy atom. The van der Waals surface area contributed by atoms with Crippen LogP contribution in [0.15, 0.2) is 30.8 Å². The van der Waals surface area contributed by atoms with E-state index in [2.05, 4.69) is 6.58 Å². The van der Waals surface area contributed by atoms with Crippen LogP contribution in [0, 0.1) is 0 Å². The maximum Gasteiger partial charge on any atom is 0.303 e. The summed E-state index contributed by atoms with van der Waals surface area (Å²) in [7, 11) is 0. The van der Waals surface area contributed by atoms with Crippen molar-refractivity contribution in [2.75, 3.05) is 0 Å². The van der Waals surface area contributed by atoms with Gasteiger partial charge in [-0.15, -0.1) is 0 Å². The molecule has 0 amide bonds. The molecule has 0 aromatic heterocycles. The van der Waals surface area contributed by atoms with Crippen LogP contribution in [0.1, 0.15) is 17.5 Å². The molecule has 3 heteroatoms. The number of benzene rings is 1. The number of hydrogen-bond acceptors (Lipinski definition) is 2. The number of rotatable bonds is 4. The first kappa shape index (κ1) is 10.3. The Balaban J connectivity index is 2.73. The lowest BCUT2D eigenvalue weighted by Crippen LogP contribution is -1.99. The Hall–Kier alpha value is -1.77. The van der Waals surface area contributed by atoms with Crippen LogP contribution in [-0.2, 0) is 11.2 Å². The number of aryl methyl sites for hydroxylation is 1. The largest absolute Gasteiger partial charge is 0.481 e. The standard InChI is InChI=1S/C11H13NO2/c1-8(12)10-4-2-3-9(7-10)5-6-11(13)14/h2-4,7H,1,5-6,12H2,(H,13,14). The fourth-order valence-electron chi connectivity index (χ4n) is 1.18. The maximum atomic E-state index is 10.3. The summed E-state index contributed by atoms with van der Waals surface area (Å²) < 4.78 is 0. The van der Waals surface area contributed by atoms with Crippen LogP contribution >= 0.6 is 0 Å². The van der Waals surface area contributed by atoms with Gasteiger partial charge in [-0.1, -0.05) is 24.8 Å². The smallest absolute Gasteiger partial charge is 0.303 e. The van der Waals surface area contributed by atoms with Crippen molar-refractivity contribution < 1.29 is 9.90 Å². The average Bonchev–Trinajstić information content (AvgIpc) is 2.15. The third-order valence-corrected chi connectivity index (χ3v) is 1.93. The van der Waals surface area contributed by atoms with Gasteiger partial charge in [-0.3, -0.25) is 4.79 Å². The number of carboxylic acids is 1. The van der Waals surface area contributed by atoms with Crippen LogP contribution < -0.4 is 5.73 Å². The van der Waals surface area contributed by atoms with Crippen molar-refractivity contribution in [1.29, 1.82) is 0 Å². The third-order valence-electron chi connectivity index (χ3n) is 1.93. The van der Waals surface area contributed by atoms with Gasteiger partial charge in [0.05, 0.1) is 0 Å².